The minimum atomic E-state index is -0.595. The van der Waals surface area contributed by atoms with Gasteiger partial charge in [-0.25, -0.2) is 0 Å². The Morgan fingerprint density at radius 1 is 1.82 bits per heavy atom. The molecule has 0 aromatic carbocycles. The van der Waals surface area contributed by atoms with Gasteiger partial charge in [-0.1, -0.05) is 6.08 Å². The number of hydrogen-bond acceptors (Lipinski definition) is 4. The van der Waals surface area contributed by atoms with Crippen LogP contribution in [0, 0.1) is 17.0 Å². The van der Waals surface area contributed by atoms with Gasteiger partial charge in [-0.3, -0.25) is 19.6 Å². The molecule has 0 bridgehead atoms. The number of nitrogens with one attached hydrogen (secondary N) is 1. The maximum absolute atomic E-state index is 11.6. The monoisotopic (exact) mass is 238 g/mol. The quantitative estimate of drug-likeness (QED) is 0.470. The Kier molecular flexibility index (Phi) is 3.97. The number of nitrogens with zero attached hydrogens (tertiary/aromatic N) is 3. The molecular formula is C10H14N4O3. The summed E-state index contributed by atoms with van der Waals surface area (Å²) in [5.41, 5.74) is 0.201. The van der Waals surface area contributed by atoms with Gasteiger partial charge in [-0.15, -0.1) is 6.58 Å². The van der Waals surface area contributed by atoms with Crippen molar-refractivity contribution in [2.24, 2.45) is 0 Å². The first-order valence-electron chi connectivity index (χ1n) is 5.06. The second kappa shape index (κ2) is 5.24. The highest BCUT2D eigenvalue weighted by Crippen LogP contribution is 2.18. The van der Waals surface area contributed by atoms with Crippen LogP contribution in [-0.2, 0) is 4.79 Å². The predicted molar refractivity (Wildman–Crippen MR) is 61.5 cm³/mol. The van der Waals surface area contributed by atoms with Crippen LogP contribution in [0.1, 0.15) is 18.7 Å². The summed E-state index contributed by atoms with van der Waals surface area (Å²) in [5, 5.41) is 17.2. The number of rotatable bonds is 5. The lowest BCUT2D eigenvalue weighted by atomic mass is 10.3. The standard InChI is InChI=1S/C10H14N4O3/c1-4-5-11-10(15)8(3)13-6-9(14(16)17)7(2)12-13/h4,6,8H,1,5H2,2-3H3,(H,11,15). The average Bonchev–Trinajstić information content (AvgIpc) is 2.67. The van der Waals surface area contributed by atoms with E-state index >= 15 is 0 Å². The molecule has 1 rings (SSSR count). The Bertz CT molecular complexity index is 452. The molecule has 1 aromatic heterocycles. The minimum Gasteiger partial charge on any atom is -0.351 e. The normalized spacial score (nSPS) is 11.9. The first kappa shape index (κ1) is 12.9. The van der Waals surface area contributed by atoms with E-state index in [0.29, 0.717) is 12.2 Å². The Morgan fingerprint density at radius 3 is 2.94 bits per heavy atom. The van der Waals surface area contributed by atoms with Crippen LogP contribution in [-0.4, -0.2) is 27.2 Å². The molecule has 7 heteroatoms. The van der Waals surface area contributed by atoms with Crippen molar-refractivity contribution in [1.82, 2.24) is 15.1 Å². The van der Waals surface area contributed by atoms with Crippen molar-refractivity contribution in [2.45, 2.75) is 19.9 Å². The summed E-state index contributed by atoms with van der Waals surface area (Å²) in [4.78, 5) is 21.7. The molecule has 7 nitrogen and oxygen atoms in total. The Balaban J connectivity index is 2.85. The Morgan fingerprint density at radius 2 is 2.47 bits per heavy atom. The van der Waals surface area contributed by atoms with Gasteiger partial charge < -0.3 is 5.32 Å². The van der Waals surface area contributed by atoms with Crippen molar-refractivity contribution in [2.75, 3.05) is 6.54 Å². The topological polar surface area (TPSA) is 90.1 Å². The third-order valence-corrected chi connectivity index (χ3v) is 2.28. The third kappa shape index (κ3) is 2.90. The summed E-state index contributed by atoms with van der Waals surface area (Å²) in [7, 11) is 0. The van der Waals surface area contributed by atoms with Gasteiger partial charge in [-0.2, -0.15) is 5.10 Å². The maximum Gasteiger partial charge on any atom is 0.309 e. The van der Waals surface area contributed by atoms with Crippen LogP contribution in [0.3, 0.4) is 0 Å². The van der Waals surface area contributed by atoms with E-state index in [9.17, 15) is 14.9 Å². The van der Waals surface area contributed by atoms with Crippen LogP contribution < -0.4 is 5.32 Å². The lowest BCUT2D eigenvalue weighted by molar-refractivity contribution is -0.385. The van der Waals surface area contributed by atoms with Gasteiger partial charge in [0, 0.05) is 6.54 Å². The number of aromatic nitrogens is 2. The van der Waals surface area contributed by atoms with Crippen LogP contribution in [0.4, 0.5) is 5.69 Å². The number of nitro groups is 1. The molecule has 0 spiro atoms. The number of aryl methyl sites for hydroxylation is 1. The van der Waals surface area contributed by atoms with E-state index in [1.165, 1.54) is 17.8 Å². The molecule has 1 atom stereocenters. The van der Waals surface area contributed by atoms with Crippen LogP contribution in [0.25, 0.3) is 0 Å². The van der Waals surface area contributed by atoms with Crippen LogP contribution in [0.5, 0.6) is 0 Å². The number of hydrogen-bond donors (Lipinski definition) is 1. The average molecular weight is 238 g/mol. The fraction of sp³-hybridized carbons (Fsp3) is 0.400. The number of carbonyl (C=O) groups is 1. The summed E-state index contributed by atoms with van der Waals surface area (Å²) in [5.74, 6) is -0.262. The summed E-state index contributed by atoms with van der Waals surface area (Å²) in [6.45, 7) is 6.98. The number of carbonyl (C=O) groups excluding carboxylic acids is 1. The molecular weight excluding hydrogens is 224 g/mol. The first-order chi connectivity index (χ1) is 7.97. The highest BCUT2D eigenvalue weighted by atomic mass is 16.6. The van der Waals surface area contributed by atoms with Gasteiger partial charge in [-0.05, 0) is 13.8 Å². The lowest BCUT2D eigenvalue weighted by Crippen LogP contribution is -2.31. The second-order valence-electron chi connectivity index (χ2n) is 3.55. The van der Waals surface area contributed by atoms with Crippen molar-refractivity contribution in [1.29, 1.82) is 0 Å². The molecule has 0 aliphatic carbocycles. The molecule has 17 heavy (non-hydrogen) atoms. The molecule has 1 heterocycles. The summed E-state index contributed by atoms with van der Waals surface area (Å²) < 4.78 is 1.28. The molecule has 0 saturated heterocycles. The van der Waals surface area contributed by atoms with Crippen molar-refractivity contribution >= 4 is 11.6 Å². The van der Waals surface area contributed by atoms with Gasteiger partial charge in [0.05, 0.1) is 4.92 Å². The zero-order valence-corrected chi connectivity index (χ0v) is 9.71. The molecule has 0 saturated carbocycles. The summed E-state index contributed by atoms with van der Waals surface area (Å²) in [6, 6.07) is -0.595. The van der Waals surface area contributed by atoms with E-state index in [4.69, 9.17) is 0 Å². The molecule has 0 radical (unpaired) electrons. The highest BCUT2D eigenvalue weighted by Gasteiger charge is 2.21. The van der Waals surface area contributed by atoms with Crippen molar-refractivity contribution in [3.63, 3.8) is 0 Å². The zero-order valence-electron chi connectivity index (χ0n) is 9.71. The fourth-order valence-electron chi connectivity index (χ4n) is 1.29. The van der Waals surface area contributed by atoms with E-state index in [1.54, 1.807) is 13.0 Å². The van der Waals surface area contributed by atoms with Gasteiger partial charge in [0.1, 0.15) is 17.9 Å². The molecule has 1 aromatic rings. The molecule has 0 fully saturated rings. The largest absolute Gasteiger partial charge is 0.351 e. The minimum absolute atomic E-state index is 0.0895. The third-order valence-electron chi connectivity index (χ3n) is 2.28. The van der Waals surface area contributed by atoms with Crippen molar-refractivity contribution in [3.05, 3.63) is 34.7 Å². The van der Waals surface area contributed by atoms with Gasteiger partial charge in [0.15, 0.2) is 0 Å². The van der Waals surface area contributed by atoms with E-state index in [-0.39, 0.29) is 11.6 Å². The molecule has 92 valence electrons. The van der Waals surface area contributed by atoms with Crippen LogP contribution in [0.15, 0.2) is 18.9 Å². The Hall–Kier alpha value is -2.18. The molecule has 0 aliphatic rings. The van der Waals surface area contributed by atoms with E-state index in [1.807, 2.05) is 0 Å². The van der Waals surface area contributed by atoms with Gasteiger partial charge in [0.2, 0.25) is 5.91 Å². The zero-order chi connectivity index (χ0) is 13.0. The van der Waals surface area contributed by atoms with E-state index < -0.39 is 11.0 Å². The molecule has 1 N–H and O–H groups in total. The van der Waals surface area contributed by atoms with Gasteiger partial charge >= 0.3 is 5.69 Å². The van der Waals surface area contributed by atoms with Crippen LogP contribution in [0.2, 0.25) is 0 Å². The van der Waals surface area contributed by atoms with E-state index in [2.05, 4.69) is 17.0 Å². The maximum atomic E-state index is 11.6. The smallest absolute Gasteiger partial charge is 0.309 e. The SMILES string of the molecule is C=CCNC(=O)C(C)n1cc([N+](=O)[O-])c(C)n1. The molecule has 0 aliphatic heterocycles. The molecule has 1 unspecified atom stereocenters. The molecule has 1 amide bonds. The van der Waals surface area contributed by atoms with E-state index in [0.717, 1.165) is 0 Å². The van der Waals surface area contributed by atoms with Crippen LogP contribution >= 0.6 is 0 Å². The van der Waals surface area contributed by atoms with Crippen molar-refractivity contribution in [3.8, 4) is 0 Å². The summed E-state index contributed by atoms with van der Waals surface area (Å²) in [6.07, 6.45) is 2.81. The fourth-order valence-corrected chi connectivity index (χ4v) is 1.29. The Labute approximate surface area is 98.3 Å². The summed E-state index contributed by atoms with van der Waals surface area (Å²) >= 11 is 0. The predicted octanol–water partition coefficient (Wildman–Crippen LogP) is 0.963. The van der Waals surface area contributed by atoms with Crippen molar-refractivity contribution < 1.29 is 9.72 Å². The van der Waals surface area contributed by atoms with Gasteiger partial charge in [0.25, 0.3) is 0 Å². The lowest BCUT2D eigenvalue weighted by Gasteiger charge is -2.10. The second-order valence-corrected chi connectivity index (χ2v) is 3.55. The number of amides is 1. The first-order valence-corrected chi connectivity index (χ1v) is 5.06. The highest BCUT2D eigenvalue weighted by molar-refractivity contribution is 5.79.